The van der Waals surface area contributed by atoms with Crippen molar-refractivity contribution in [1.29, 1.82) is 0 Å². The summed E-state index contributed by atoms with van der Waals surface area (Å²) in [4.78, 5) is 3.92. The number of rotatable bonds is 6. The molecular formula is C10H16N2O2. The summed E-state index contributed by atoms with van der Waals surface area (Å²) in [7, 11) is 1.58. The zero-order chi connectivity index (χ0) is 10.2. The summed E-state index contributed by atoms with van der Waals surface area (Å²) in [5.74, 6) is 0. The summed E-state index contributed by atoms with van der Waals surface area (Å²) >= 11 is 0. The van der Waals surface area contributed by atoms with Gasteiger partial charge >= 0.3 is 0 Å². The molecule has 14 heavy (non-hydrogen) atoms. The lowest BCUT2D eigenvalue weighted by atomic mass is 10.2. The van der Waals surface area contributed by atoms with E-state index in [4.69, 9.17) is 4.74 Å². The van der Waals surface area contributed by atoms with Crippen LogP contribution in [0.2, 0.25) is 0 Å². The molecule has 0 aromatic carbocycles. The molecule has 0 bridgehead atoms. The number of aliphatic hydroxyl groups is 1. The van der Waals surface area contributed by atoms with Crippen LogP contribution >= 0.6 is 0 Å². The molecule has 0 aliphatic carbocycles. The number of nitrogens with zero attached hydrogens (tertiary/aromatic N) is 1. The Morgan fingerprint density at radius 2 is 2.21 bits per heavy atom. The Balaban J connectivity index is 2.16. The van der Waals surface area contributed by atoms with Gasteiger partial charge in [-0.2, -0.15) is 0 Å². The summed E-state index contributed by atoms with van der Waals surface area (Å²) in [5.41, 5.74) is 1.16. The van der Waals surface area contributed by atoms with E-state index in [0.29, 0.717) is 13.2 Å². The molecule has 0 saturated carbocycles. The van der Waals surface area contributed by atoms with Gasteiger partial charge in [-0.25, -0.2) is 0 Å². The monoisotopic (exact) mass is 196 g/mol. The Labute approximate surface area is 83.9 Å². The van der Waals surface area contributed by atoms with E-state index in [1.807, 2.05) is 12.1 Å². The van der Waals surface area contributed by atoms with Crippen molar-refractivity contribution in [1.82, 2.24) is 10.3 Å². The van der Waals surface area contributed by atoms with Gasteiger partial charge in [0.2, 0.25) is 0 Å². The fourth-order valence-corrected chi connectivity index (χ4v) is 1.14. The highest BCUT2D eigenvalue weighted by atomic mass is 16.5. The second-order valence-electron chi connectivity index (χ2n) is 3.10. The minimum atomic E-state index is -0.443. The van der Waals surface area contributed by atoms with Crippen molar-refractivity contribution in [2.75, 3.05) is 20.3 Å². The number of hydrogen-bond donors (Lipinski definition) is 2. The number of aromatic nitrogens is 1. The van der Waals surface area contributed by atoms with E-state index >= 15 is 0 Å². The molecule has 1 rings (SSSR count). The number of pyridine rings is 1. The van der Waals surface area contributed by atoms with E-state index in [0.717, 1.165) is 12.1 Å². The Kier molecular flexibility index (Phi) is 5.14. The smallest absolute Gasteiger partial charge is 0.0897 e. The van der Waals surface area contributed by atoms with Gasteiger partial charge in [-0.05, 0) is 17.7 Å². The summed E-state index contributed by atoms with van der Waals surface area (Å²) in [5, 5.41) is 12.5. The van der Waals surface area contributed by atoms with Gasteiger partial charge in [0.1, 0.15) is 0 Å². The third kappa shape index (κ3) is 4.32. The van der Waals surface area contributed by atoms with Crippen molar-refractivity contribution >= 4 is 0 Å². The number of nitrogens with one attached hydrogen (secondary N) is 1. The first-order valence-electron chi connectivity index (χ1n) is 4.59. The largest absolute Gasteiger partial charge is 0.389 e. The zero-order valence-electron chi connectivity index (χ0n) is 8.31. The van der Waals surface area contributed by atoms with Gasteiger partial charge in [-0.3, -0.25) is 4.98 Å². The Hall–Kier alpha value is -0.970. The SMILES string of the molecule is COC[C@@H](O)CNCc1ccncc1. The molecule has 0 aliphatic heterocycles. The van der Waals surface area contributed by atoms with Crippen LogP contribution in [0.5, 0.6) is 0 Å². The quantitative estimate of drug-likeness (QED) is 0.681. The highest BCUT2D eigenvalue weighted by Crippen LogP contribution is 1.94. The maximum Gasteiger partial charge on any atom is 0.0897 e. The van der Waals surface area contributed by atoms with E-state index in [1.165, 1.54) is 0 Å². The van der Waals surface area contributed by atoms with E-state index < -0.39 is 6.10 Å². The van der Waals surface area contributed by atoms with Crippen LogP contribution in [-0.2, 0) is 11.3 Å². The number of methoxy groups -OCH3 is 1. The molecule has 0 spiro atoms. The maximum absolute atomic E-state index is 9.33. The first kappa shape index (κ1) is 11.1. The van der Waals surface area contributed by atoms with E-state index in [-0.39, 0.29) is 0 Å². The molecule has 0 amide bonds. The van der Waals surface area contributed by atoms with Crippen molar-refractivity contribution in [3.63, 3.8) is 0 Å². The molecule has 0 fully saturated rings. The molecule has 0 saturated heterocycles. The van der Waals surface area contributed by atoms with E-state index in [2.05, 4.69) is 10.3 Å². The van der Waals surface area contributed by atoms with Crippen molar-refractivity contribution in [2.45, 2.75) is 12.6 Å². The maximum atomic E-state index is 9.33. The molecular weight excluding hydrogens is 180 g/mol. The average Bonchev–Trinajstić information content (AvgIpc) is 2.20. The van der Waals surface area contributed by atoms with Crippen LogP contribution in [0, 0.1) is 0 Å². The summed E-state index contributed by atoms with van der Waals surface area (Å²) in [6, 6.07) is 3.88. The molecule has 4 nitrogen and oxygen atoms in total. The van der Waals surface area contributed by atoms with Crippen LogP contribution in [0.15, 0.2) is 24.5 Å². The van der Waals surface area contributed by atoms with Crippen LogP contribution in [-0.4, -0.2) is 36.5 Å². The van der Waals surface area contributed by atoms with Gasteiger partial charge in [0, 0.05) is 32.6 Å². The third-order valence-electron chi connectivity index (χ3n) is 1.82. The van der Waals surface area contributed by atoms with Crippen molar-refractivity contribution in [2.24, 2.45) is 0 Å². The highest BCUT2D eigenvalue weighted by molar-refractivity contribution is 5.08. The topological polar surface area (TPSA) is 54.4 Å². The van der Waals surface area contributed by atoms with Gasteiger partial charge in [0.05, 0.1) is 12.7 Å². The van der Waals surface area contributed by atoms with E-state index in [1.54, 1.807) is 19.5 Å². The molecule has 1 atom stereocenters. The van der Waals surface area contributed by atoms with Crippen LogP contribution in [0.25, 0.3) is 0 Å². The summed E-state index contributed by atoms with van der Waals surface area (Å²) < 4.78 is 4.81. The van der Waals surface area contributed by atoms with Crippen molar-refractivity contribution in [3.05, 3.63) is 30.1 Å². The molecule has 2 N–H and O–H groups in total. The second-order valence-corrected chi connectivity index (χ2v) is 3.10. The molecule has 0 unspecified atom stereocenters. The number of hydrogen-bond acceptors (Lipinski definition) is 4. The Bertz CT molecular complexity index is 241. The molecule has 0 aliphatic rings. The van der Waals surface area contributed by atoms with Gasteiger partial charge in [0.15, 0.2) is 0 Å². The number of aliphatic hydroxyl groups excluding tert-OH is 1. The summed E-state index contributed by atoms with van der Waals surface area (Å²) in [6.07, 6.45) is 3.06. The van der Waals surface area contributed by atoms with Crippen molar-refractivity contribution < 1.29 is 9.84 Å². The average molecular weight is 196 g/mol. The lowest BCUT2D eigenvalue weighted by Gasteiger charge is -2.10. The fraction of sp³-hybridized carbons (Fsp3) is 0.500. The minimum Gasteiger partial charge on any atom is -0.389 e. The fourth-order valence-electron chi connectivity index (χ4n) is 1.14. The zero-order valence-corrected chi connectivity index (χ0v) is 8.31. The first-order valence-corrected chi connectivity index (χ1v) is 4.59. The Morgan fingerprint density at radius 3 is 2.86 bits per heavy atom. The lowest BCUT2D eigenvalue weighted by Crippen LogP contribution is -2.29. The summed E-state index contributed by atoms with van der Waals surface area (Å²) in [6.45, 7) is 1.64. The minimum absolute atomic E-state index is 0.364. The first-order chi connectivity index (χ1) is 6.83. The predicted octanol–water partition coefficient (Wildman–Crippen LogP) is 0.178. The third-order valence-corrected chi connectivity index (χ3v) is 1.82. The van der Waals surface area contributed by atoms with Gasteiger partial charge in [-0.1, -0.05) is 0 Å². The van der Waals surface area contributed by atoms with Gasteiger partial charge in [-0.15, -0.1) is 0 Å². The van der Waals surface area contributed by atoms with Gasteiger partial charge < -0.3 is 15.2 Å². The van der Waals surface area contributed by atoms with E-state index in [9.17, 15) is 5.11 Å². The molecule has 1 aromatic rings. The predicted molar refractivity (Wildman–Crippen MR) is 53.8 cm³/mol. The highest BCUT2D eigenvalue weighted by Gasteiger charge is 2.01. The standard InChI is InChI=1S/C10H16N2O2/c1-14-8-10(13)7-12-6-9-2-4-11-5-3-9/h2-5,10,12-13H,6-8H2,1H3/t10-/m0/s1. The lowest BCUT2D eigenvalue weighted by molar-refractivity contribution is 0.0644. The van der Waals surface area contributed by atoms with Gasteiger partial charge in [0.25, 0.3) is 0 Å². The molecule has 1 heterocycles. The normalized spacial score (nSPS) is 12.7. The van der Waals surface area contributed by atoms with Crippen LogP contribution in [0.3, 0.4) is 0 Å². The van der Waals surface area contributed by atoms with Crippen LogP contribution < -0.4 is 5.32 Å². The number of ether oxygens (including phenoxy) is 1. The molecule has 78 valence electrons. The second kappa shape index (κ2) is 6.48. The molecule has 4 heteroatoms. The Morgan fingerprint density at radius 1 is 1.50 bits per heavy atom. The molecule has 0 radical (unpaired) electrons. The van der Waals surface area contributed by atoms with Crippen LogP contribution in [0.4, 0.5) is 0 Å². The van der Waals surface area contributed by atoms with Crippen LogP contribution in [0.1, 0.15) is 5.56 Å². The molecule has 1 aromatic heterocycles. The van der Waals surface area contributed by atoms with Crippen molar-refractivity contribution in [3.8, 4) is 0 Å².